The molecule has 0 saturated carbocycles. The van der Waals surface area contributed by atoms with Gasteiger partial charge in [-0.25, -0.2) is 9.97 Å². The highest BCUT2D eigenvalue weighted by molar-refractivity contribution is 6.10. The van der Waals surface area contributed by atoms with Crippen LogP contribution in [0.25, 0.3) is 72.3 Å². The normalized spacial score (nSPS) is 11.7. The Morgan fingerprint density at radius 1 is 0.641 bits per heavy atom. The summed E-state index contributed by atoms with van der Waals surface area (Å²) in [5.74, 6) is 0.806. The van der Waals surface area contributed by atoms with E-state index in [1.165, 1.54) is 0 Å². The molecule has 39 heavy (non-hydrogen) atoms. The van der Waals surface area contributed by atoms with Gasteiger partial charge in [0.1, 0.15) is 11.4 Å². The van der Waals surface area contributed by atoms with Crippen LogP contribution in [0, 0.1) is 6.92 Å². The molecular formula is C34H22N4O. The number of rotatable bonds is 3. The number of nitrogens with zero attached hydrogens (tertiary/aromatic N) is 4. The molecule has 5 nitrogen and oxygen atoms in total. The molecule has 0 aliphatic rings. The minimum Gasteiger partial charge on any atom is -0.437 e. The number of furan rings is 1. The first kappa shape index (κ1) is 21.8. The summed E-state index contributed by atoms with van der Waals surface area (Å²) >= 11 is 0. The maximum Gasteiger partial charge on any atom is 0.227 e. The van der Waals surface area contributed by atoms with Crippen molar-refractivity contribution in [2.75, 3.05) is 0 Å². The van der Waals surface area contributed by atoms with Crippen LogP contribution in [-0.2, 0) is 0 Å². The molecule has 0 bridgehead atoms. The summed E-state index contributed by atoms with van der Waals surface area (Å²) in [5.41, 5.74) is 9.02. The second-order valence-corrected chi connectivity index (χ2v) is 9.76. The summed E-state index contributed by atoms with van der Waals surface area (Å²) in [6.45, 7) is 2.02. The Morgan fingerprint density at radius 2 is 1.44 bits per heavy atom. The van der Waals surface area contributed by atoms with Crippen LogP contribution in [0.2, 0.25) is 0 Å². The van der Waals surface area contributed by atoms with Crippen molar-refractivity contribution in [3.05, 3.63) is 121 Å². The Hall–Kier alpha value is -5.29. The molecule has 0 spiro atoms. The molecule has 0 aliphatic heterocycles. The number of imidazole rings is 1. The number of hydrogen-bond acceptors (Lipinski definition) is 4. The highest BCUT2D eigenvalue weighted by atomic mass is 16.3. The minimum absolute atomic E-state index is 0.615. The van der Waals surface area contributed by atoms with Gasteiger partial charge in [-0.2, -0.15) is 0 Å². The number of benzene rings is 4. The second-order valence-electron chi connectivity index (χ2n) is 9.76. The third-order valence-corrected chi connectivity index (χ3v) is 7.30. The molecule has 0 unspecified atom stereocenters. The monoisotopic (exact) mass is 502 g/mol. The van der Waals surface area contributed by atoms with E-state index in [9.17, 15) is 0 Å². The molecule has 0 N–H and O–H groups in total. The zero-order valence-corrected chi connectivity index (χ0v) is 21.2. The molecule has 5 heteroatoms. The van der Waals surface area contributed by atoms with Crippen LogP contribution >= 0.6 is 0 Å². The van der Waals surface area contributed by atoms with Gasteiger partial charge in [0, 0.05) is 33.1 Å². The molecule has 184 valence electrons. The van der Waals surface area contributed by atoms with E-state index in [0.717, 1.165) is 72.3 Å². The predicted molar refractivity (Wildman–Crippen MR) is 157 cm³/mol. The molecular weight excluding hydrogens is 480 g/mol. The molecule has 0 saturated heterocycles. The van der Waals surface area contributed by atoms with Gasteiger partial charge in [0.2, 0.25) is 5.71 Å². The smallest absolute Gasteiger partial charge is 0.227 e. The lowest BCUT2D eigenvalue weighted by atomic mass is 10.1. The minimum atomic E-state index is 0.615. The Bertz CT molecular complexity index is 2180. The zero-order chi connectivity index (χ0) is 25.9. The van der Waals surface area contributed by atoms with Crippen LogP contribution < -0.4 is 0 Å². The van der Waals surface area contributed by atoms with Gasteiger partial charge < -0.3 is 4.42 Å². The van der Waals surface area contributed by atoms with E-state index in [1.54, 1.807) is 0 Å². The molecule has 0 amide bonds. The van der Waals surface area contributed by atoms with Crippen molar-refractivity contribution in [1.29, 1.82) is 0 Å². The summed E-state index contributed by atoms with van der Waals surface area (Å²) in [6, 6.07) is 39.2. The fourth-order valence-electron chi connectivity index (χ4n) is 5.48. The first-order valence-corrected chi connectivity index (χ1v) is 13.0. The summed E-state index contributed by atoms with van der Waals surface area (Å²) in [5, 5.41) is 3.08. The molecule has 0 radical (unpaired) electrons. The lowest BCUT2D eigenvalue weighted by Crippen LogP contribution is -1.99. The highest BCUT2D eigenvalue weighted by Crippen LogP contribution is 2.39. The number of para-hydroxylation sites is 2. The van der Waals surface area contributed by atoms with Crippen LogP contribution in [0.15, 0.2) is 120 Å². The van der Waals surface area contributed by atoms with Gasteiger partial charge in [-0.1, -0.05) is 72.8 Å². The molecule has 0 aliphatic carbocycles. The quantitative estimate of drug-likeness (QED) is 0.243. The fraction of sp³-hybridized carbons (Fsp3) is 0.0294. The van der Waals surface area contributed by atoms with Gasteiger partial charge in [-0.05, 0) is 49.4 Å². The molecule has 4 heterocycles. The average molecular weight is 503 g/mol. The van der Waals surface area contributed by atoms with Crippen molar-refractivity contribution in [2.24, 2.45) is 0 Å². The summed E-state index contributed by atoms with van der Waals surface area (Å²) < 4.78 is 8.72. The number of hydrogen-bond donors (Lipinski definition) is 0. The molecule has 8 aromatic rings. The van der Waals surface area contributed by atoms with Gasteiger partial charge in [0.05, 0.1) is 27.8 Å². The predicted octanol–water partition coefficient (Wildman–Crippen LogP) is 8.51. The fourth-order valence-corrected chi connectivity index (χ4v) is 5.48. The SMILES string of the molecule is Cc1ccc2ccc3nc(-c4cccc5c4oc4nc(-c6ccccc6)ccc45)n(-c4ccccc4)c3c2n1. The molecule has 0 fully saturated rings. The van der Waals surface area contributed by atoms with Crippen molar-refractivity contribution in [3.63, 3.8) is 0 Å². The molecule has 8 rings (SSSR count). The van der Waals surface area contributed by atoms with Crippen molar-refractivity contribution in [3.8, 4) is 28.3 Å². The Morgan fingerprint density at radius 3 is 2.28 bits per heavy atom. The first-order valence-electron chi connectivity index (χ1n) is 13.0. The maximum atomic E-state index is 6.51. The number of aromatic nitrogens is 4. The Kier molecular flexibility index (Phi) is 4.67. The van der Waals surface area contributed by atoms with Crippen molar-refractivity contribution in [2.45, 2.75) is 6.92 Å². The molecule has 0 atom stereocenters. The topological polar surface area (TPSA) is 56.7 Å². The van der Waals surface area contributed by atoms with Gasteiger partial charge in [-0.15, -0.1) is 0 Å². The van der Waals surface area contributed by atoms with Crippen LogP contribution in [0.1, 0.15) is 5.69 Å². The average Bonchev–Trinajstić information content (AvgIpc) is 3.56. The number of fused-ring (bicyclic) bond motifs is 6. The van der Waals surface area contributed by atoms with Crippen LogP contribution in [0.4, 0.5) is 0 Å². The van der Waals surface area contributed by atoms with Gasteiger partial charge in [0.15, 0.2) is 0 Å². The number of aryl methyl sites for hydroxylation is 1. The van der Waals surface area contributed by atoms with Crippen molar-refractivity contribution in [1.82, 2.24) is 19.5 Å². The van der Waals surface area contributed by atoms with Crippen LogP contribution in [-0.4, -0.2) is 19.5 Å². The Labute approximate surface area is 224 Å². The Balaban J connectivity index is 1.44. The van der Waals surface area contributed by atoms with Crippen LogP contribution in [0.3, 0.4) is 0 Å². The van der Waals surface area contributed by atoms with E-state index in [2.05, 4.69) is 77.4 Å². The zero-order valence-electron chi connectivity index (χ0n) is 21.2. The van der Waals surface area contributed by atoms with E-state index in [-0.39, 0.29) is 0 Å². The van der Waals surface area contributed by atoms with E-state index in [4.69, 9.17) is 19.4 Å². The van der Waals surface area contributed by atoms with E-state index < -0.39 is 0 Å². The van der Waals surface area contributed by atoms with Gasteiger partial charge in [0.25, 0.3) is 0 Å². The van der Waals surface area contributed by atoms with Crippen molar-refractivity contribution < 1.29 is 4.42 Å². The molecule has 4 aromatic heterocycles. The number of pyridine rings is 2. The van der Waals surface area contributed by atoms with E-state index in [1.807, 2.05) is 49.4 Å². The summed E-state index contributed by atoms with van der Waals surface area (Å²) in [4.78, 5) is 15.0. The van der Waals surface area contributed by atoms with E-state index >= 15 is 0 Å². The van der Waals surface area contributed by atoms with Gasteiger partial charge in [-0.3, -0.25) is 9.55 Å². The maximum absolute atomic E-state index is 6.51. The lowest BCUT2D eigenvalue weighted by Gasteiger charge is -2.11. The summed E-state index contributed by atoms with van der Waals surface area (Å²) in [6.07, 6.45) is 0. The largest absolute Gasteiger partial charge is 0.437 e. The standard InChI is InChI=1S/C34H22N4O/c1-21-15-16-23-17-19-29-31(30(23)35-21)38(24-11-6-3-7-12-24)33(36-29)27-14-8-13-25-26-18-20-28(22-9-4-2-5-10-22)37-34(26)39-32(25)27/h2-20H,1H3. The van der Waals surface area contributed by atoms with Crippen LogP contribution in [0.5, 0.6) is 0 Å². The third kappa shape index (κ3) is 3.37. The van der Waals surface area contributed by atoms with E-state index in [0.29, 0.717) is 5.71 Å². The third-order valence-electron chi connectivity index (χ3n) is 7.30. The highest BCUT2D eigenvalue weighted by Gasteiger charge is 2.22. The summed E-state index contributed by atoms with van der Waals surface area (Å²) in [7, 11) is 0. The first-order chi connectivity index (χ1) is 19.2. The van der Waals surface area contributed by atoms with Gasteiger partial charge >= 0.3 is 0 Å². The molecule has 4 aromatic carbocycles. The second kappa shape index (κ2) is 8.36. The van der Waals surface area contributed by atoms with Crippen molar-refractivity contribution >= 4 is 44.0 Å². The lowest BCUT2D eigenvalue weighted by molar-refractivity contribution is 0.655.